The molecule has 248 valence electrons. The molecule has 1 saturated carbocycles. The molecule has 2 N–H and O–H groups in total. The number of likely N-dealkylation sites (tertiary alicyclic amines) is 1. The van der Waals surface area contributed by atoms with E-state index < -0.39 is 35.5 Å². The quantitative estimate of drug-likeness (QED) is 0.193. The molecule has 4 rings (SSSR count). The molecule has 0 unspecified atom stereocenters. The second kappa shape index (κ2) is 14.6. The number of aliphatic imine (C=N–C) groups is 1. The first-order chi connectivity index (χ1) is 21.2. The molecule has 1 aromatic carbocycles. The van der Waals surface area contributed by atoms with Gasteiger partial charge in [0.2, 0.25) is 11.8 Å². The molecule has 1 aliphatic heterocycles. The number of aromatic nitrogens is 2. The summed E-state index contributed by atoms with van der Waals surface area (Å²) in [5.74, 6) is 1.95. The van der Waals surface area contributed by atoms with Crippen LogP contribution in [-0.4, -0.2) is 68.8 Å². The van der Waals surface area contributed by atoms with E-state index in [1.54, 1.807) is 41.5 Å². The van der Waals surface area contributed by atoms with E-state index in [4.69, 9.17) is 18.7 Å². The van der Waals surface area contributed by atoms with Crippen LogP contribution in [0.4, 0.5) is 9.59 Å². The van der Waals surface area contributed by atoms with Crippen LogP contribution in [0.25, 0.3) is 11.4 Å². The van der Waals surface area contributed by atoms with Gasteiger partial charge in [0.25, 0.3) is 5.89 Å². The van der Waals surface area contributed by atoms with Crippen LogP contribution in [0.5, 0.6) is 5.75 Å². The highest BCUT2D eigenvalue weighted by atomic mass is 16.6. The number of aryl methyl sites for hydroxylation is 1. The van der Waals surface area contributed by atoms with E-state index in [1.807, 2.05) is 25.1 Å². The predicted octanol–water partition coefficient (Wildman–Crippen LogP) is 6.71. The van der Waals surface area contributed by atoms with Gasteiger partial charge in [0.05, 0.1) is 12.7 Å². The van der Waals surface area contributed by atoms with Crippen LogP contribution in [0.2, 0.25) is 0 Å². The van der Waals surface area contributed by atoms with Gasteiger partial charge in [0.1, 0.15) is 23.0 Å². The van der Waals surface area contributed by atoms with Gasteiger partial charge >= 0.3 is 12.2 Å². The van der Waals surface area contributed by atoms with Gasteiger partial charge in [-0.1, -0.05) is 37.3 Å². The predicted molar refractivity (Wildman–Crippen MR) is 169 cm³/mol. The lowest BCUT2D eigenvalue weighted by Gasteiger charge is -2.28. The zero-order valence-corrected chi connectivity index (χ0v) is 27.7. The lowest BCUT2D eigenvalue weighted by Crippen LogP contribution is -2.47. The van der Waals surface area contributed by atoms with Crippen LogP contribution >= 0.6 is 0 Å². The molecule has 1 aliphatic carbocycles. The number of alkyl carbamates (subject to hydrolysis) is 1. The largest absolute Gasteiger partial charge is 0.493 e. The normalized spacial score (nSPS) is 19.8. The van der Waals surface area contributed by atoms with Crippen molar-refractivity contribution in [2.75, 3.05) is 13.2 Å². The number of aliphatic hydroxyl groups excluding tert-OH is 1. The zero-order chi connectivity index (χ0) is 32.8. The zero-order valence-electron chi connectivity index (χ0n) is 27.7. The average Bonchev–Trinajstić information content (AvgIpc) is 3.56. The minimum atomic E-state index is -0.936. The van der Waals surface area contributed by atoms with E-state index in [2.05, 4.69) is 20.4 Å². The smallest absolute Gasteiger partial charge is 0.437 e. The number of carbonyl (C=O) groups excluding carboxylic acids is 2. The summed E-state index contributed by atoms with van der Waals surface area (Å²) in [6.07, 6.45) is 6.65. The summed E-state index contributed by atoms with van der Waals surface area (Å²) in [6, 6.07) is 4.84. The molecule has 1 saturated heterocycles. The maximum absolute atomic E-state index is 12.7. The molecule has 45 heavy (non-hydrogen) atoms. The van der Waals surface area contributed by atoms with E-state index in [9.17, 15) is 14.7 Å². The highest BCUT2D eigenvalue weighted by Gasteiger charge is 2.41. The number of nitrogens with zero attached hydrogens (tertiary/aromatic N) is 4. The number of hydrogen-bond acceptors (Lipinski definition) is 9. The maximum atomic E-state index is 12.7. The van der Waals surface area contributed by atoms with E-state index in [-0.39, 0.29) is 18.4 Å². The van der Waals surface area contributed by atoms with Crippen LogP contribution in [0.15, 0.2) is 27.7 Å². The summed E-state index contributed by atoms with van der Waals surface area (Å²) >= 11 is 0. The molecule has 1 aromatic heterocycles. The van der Waals surface area contributed by atoms with E-state index in [1.165, 1.54) is 43.4 Å². The minimum absolute atomic E-state index is 0.110. The SMILES string of the molecule is Cc1cc(-c2noc([C@@H]3[C@@H](O)CCN3/C(=N/C(=O)OC(C)(C)C)NC(=O)OC(C)(C)C)n2)ccc1OCCCC1CCCCC1. The molecule has 2 atom stereocenters. The van der Waals surface area contributed by atoms with Gasteiger partial charge in [0.15, 0.2) is 0 Å². The Kier molecular flexibility index (Phi) is 11.1. The Balaban J connectivity index is 1.48. The monoisotopic (exact) mass is 627 g/mol. The van der Waals surface area contributed by atoms with Gasteiger partial charge in [-0.25, -0.2) is 9.59 Å². The summed E-state index contributed by atoms with van der Waals surface area (Å²) in [6.45, 7) is 13.2. The Morgan fingerprint density at radius 2 is 1.78 bits per heavy atom. The van der Waals surface area contributed by atoms with Crippen molar-refractivity contribution in [3.63, 3.8) is 0 Å². The van der Waals surface area contributed by atoms with E-state index in [0.717, 1.165) is 29.2 Å². The molecule has 12 nitrogen and oxygen atoms in total. The van der Waals surface area contributed by atoms with Gasteiger partial charge in [-0.15, -0.1) is 4.99 Å². The standard InChI is InChI=1S/C33H49N5O7/c1-21-20-23(15-16-25(21)42-19-11-14-22-12-9-8-10-13-22)27-34-28(45-37-27)26-24(39)17-18-38(26)29(35-30(40)43-32(2,3)4)36-31(41)44-33(5,6)7/h15-16,20,22,24,26,39H,8-14,17-19H2,1-7H3,(H,35,36,40,41)/t24-,26-/m0/s1. The summed E-state index contributed by atoms with van der Waals surface area (Å²) in [5.41, 5.74) is 0.0782. The summed E-state index contributed by atoms with van der Waals surface area (Å²) in [7, 11) is 0. The third-order valence-electron chi connectivity index (χ3n) is 7.71. The van der Waals surface area contributed by atoms with Crippen molar-refractivity contribution in [1.29, 1.82) is 0 Å². The molecule has 2 fully saturated rings. The van der Waals surface area contributed by atoms with Crippen LogP contribution < -0.4 is 10.1 Å². The van der Waals surface area contributed by atoms with Gasteiger partial charge in [-0.2, -0.15) is 4.98 Å². The lowest BCUT2D eigenvalue weighted by atomic mass is 9.86. The summed E-state index contributed by atoms with van der Waals surface area (Å²) in [5, 5.41) is 17.7. The van der Waals surface area contributed by atoms with E-state index in [0.29, 0.717) is 18.9 Å². The van der Waals surface area contributed by atoms with Gasteiger partial charge in [-0.05, 0) is 97.4 Å². The Labute approximate surface area is 265 Å². The van der Waals surface area contributed by atoms with Crippen molar-refractivity contribution in [2.24, 2.45) is 10.9 Å². The molecular formula is C33H49N5O7. The number of aliphatic hydroxyl groups is 1. The van der Waals surface area contributed by atoms with Crippen LogP contribution in [-0.2, 0) is 9.47 Å². The number of carbonyl (C=O) groups is 2. The first-order valence-electron chi connectivity index (χ1n) is 16.0. The summed E-state index contributed by atoms with van der Waals surface area (Å²) in [4.78, 5) is 35.5. The summed E-state index contributed by atoms with van der Waals surface area (Å²) < 4.78 is 22.4. The first-order valence-corrected chi connectivity index (χ1v) is 16.0. The number of hydrogen-bond donors (Lipinski definition) is 2. The lowest BCUT2D eigenvalue weighted by molar-refractivity contribution is 0.0546. The van der Waals surface area contributed by atoms with Crippen molar-refractivity contribution in [3.05, 3.63) is 29.7 Å². The number of rotatable bonds is 7. The number of amides is 2. The van der Waals surface area contributed by atoms with Crippen molar-refractivity contribution in [3.8, 4) is 17.1 Å². The van der Waals surface area contributed by atoms with Gasteiger partial charge in [-0.3, -0.25) is 5.32 Å². The second-order valence-corrected chi connectivity index (χ2v) is 14.0. The Morgan fingerprint density at radius 3 is 2.44 bits per heavy atom. The molecule has 0 spiro atoms. The molecule has 0 radical (unpaired) electrons. The molecule has 2 amide bonds. The molecule has 2 heterocycles. The minimum Gasteiger partial charge on any atom is -0.493 e. The topological polar surface area (TPSA) is 149 Å². The fourth-order valence-electron chi connectivity index (χ4n) is 5.69. The number of benzene rings is 1. The molecule has 12 heteroatoms. The number of ether oxygens (including phenoxy) is 3. The Hall–Kier alpha value is -3.67. The van der Waals surface area contributed by atoms with Gasteiger partial charge < -0.3 is 28.7 Å². The highest BCUT2D eigenvalue weighted by molar-refractivity contribution is 5.99. The van der Waals surface area contributed by atoms with Crippen molar-refractivity contribution in [2.45, 2.75) is 123 Å². The second-order valence-electron chi connectivity index (χ2n) is 14.0. The average molecular weight is 628 g/mol. The Morgan fingerprint density at radius 1 is 1.07 bits per heavy atom. The van der Waals surface area contributed by atoms with E-state index >= 15 is 0 Å². The number of nitrogens with one attached hydrogen (secondary N) is 1. The molecule has 2 aliphatic rings. The molecular weight excluding hydrogens is 578 g/mol. The molecule has 2 aromatic rings. The molecule has 0 bridgehead atoms. The number of guanidine groups is 1. The van der Waals surface area contributed by atoms with Crippen LogP contribution in [0.1, 0.15) is 110 Å². The van der Waals surface area contributed by atoms with Gasteiger partial charge in [0, 0.05) is 12.1 Å². The third-order valence-corrected chi connectivity index (χ3v) is 7.71. The maximum Gasteiger partial charge on any atom is 0.437 e. The van der Waals surface area contributed by atoms with Crippen LogP contribution in [0, 0.1) is 12.8 Å². The fraction of sp³-hybridized carbons (Fsp3) is 0.667. The van der Waals surface area contributed by atoms with Crippen molar-refractivity contribution >= 4 is 18.1 Å². The first kappa shape index (κ1) is 34.2. The fourth-order valence-corrected chi connectivity index (χ4v) is 5.69. The van der Waals surface area contributed by atoms with Crippen molar-refractivity contribution in [1.82, 2.24) is 20.4 Å². The third kappa shape index (κ3) is 10.2. The Bertz CT molecular complexity index is 1340. The highest BCUT2D eigenvalue weighted by Crippen LogP contribution is 2.34. The van der Waals surface area contributed by atoms with Crippen LogP contribution in [0.3, 0.4) is 0 Å². The van der Waals surface area contributed by atoms with Crippen molar-refractivity contribution < 1.29 is 33.4 Å².